The van der Waals surface area contributed by atoms with Crippen LogP contribution in [-0.2, 0) is 13.1 Å². The third kappa shape index (κ3) is 3.34. The molecule has 1 saturated carbocycles. The zero-order valence-electron chi connectivity index (χ0n) is 10.4. The van der Waals surface area contributed by atoms with Crippen LogP contribution in [0.1, 0.15) is 45.2 Å². The molecule has 90 valence electrons. The second kappa shape index (κ2) is 5.48. The van der Waals surface area contributed by atoms with E-state index in [4.69, 9.17) is 0 Å². The van der Waals surface area contributed by atoms with Gasteiger partial charge >= 0.3 is 0 Å². The van der Waals surface area contributed by atoms with Gasteiger partial charge in [0.1, 0.15) is 0 Å². The van der Waals surface area contributed by atoms with E-state index in [1.54, 1.807) is 0 Å². The molecule has 0 atom stereocenters. The van der Waals surface area contributed by atoms with Crippen molar-refractivity contribution in [2.24, 2.45) is 5.92 Å². The summed E-state index contributed by atoms with van der Waals surface area (Å²) >= 11 is 0. The lowest BCUT2D eigenvalue weighted by Gasteiger charge is -2.09. The fraction of sp³-hybridized carbons (Fsp3) is 0.769. The molecule has 0 unspecified atom stereocenters. The maximum absolute atomic E-state index is 4.43. The Morgan fingerprint density at radius 1 is 1.44 bits per heavy atom. The molecule has 1 N–H and O–H groups in total. The number of hydrogen-bond donors (Lipinski definition) is 1. The molecule has 1 aliphatic rings. The minimum atomic E-state index is 0.528. The summed E-state index contributed by atoms with van der Waals surface area (Å²) in [6, 6.07) is 0.528. The molecule has 1 heterocycles. The summed E-state index contributed by atoms with van der Waals surface area (Å²) in [5.41, 5.74) is 1.16. The van der Waals surface area contributed by atoms with Crippen LogP contribution in [0.4, 0.5) is 0 Å². The van der Waals surface area contributed by atoms with Gasteiger partial charge in [0.25, 0.3) is 0 Å². The predicted molar refractivity (Wildman–Crippen MR) is 66.2 cm³/mol. The first kappa shape index (κ1) is 11.6. The minimum Gasteiger partial charge on any atom is -0.337 e. The van der Waals surface area contributed by atoms with Gasteiger partial charge in [-0.3, -0.25) is 0 Å². The Morgan fingerprint density at radius 2 is 2.19 bits per heavy atom. The van der Waals surface area contributed by atoms with E-state index in [0.29, 0.717) is 6.04 Å². The van der Waals surface area contributed by atoms with Gasteiger partial charge in [-0.1, -0.05) is 26.7 Å². The van der Waals surface area contributed by atoms with E-state index in [0.717, 1.165) is 24.7 Å². The predicted octanol–water partition coefficient (Wildman–Crippen LogP) is 2.57. The molecule has 3 heteroatoms. The van der Waals surface area contributed by atoms with E-state index in [1.165, 1.54) is 25.7 Å². The normalized spacial score (nSPS) is 17.4. The molecule has 1 fully saturated rings. The molecule has 2 rings (SSSR count). The SMILES string of the molecule is CC(C)NCc1cn(CC2CCCC2)cn1. The van der Waals surface area contributed by atoms with Gasteiger partial charge in [0.05, 0.1) is 12.0 Å². The van der Waals surface area contributed by atoms with Crippen LogP contribution < -0.4 is 5.32 Å². The van der Waals surface area contributed by atoms with Crippen molar-refractivity contribution in [1.29, 1.82) is 0 Å². The molecule has 0 aliphatic heterocycles. The number of rotatable bonds is 5. The van der Waals surface area contributed by atoms with E-state index in [9.17, 15) is 0 Å². The number of aromatic nitrogens is 2. The molecule has 0 bridgehead atoms. The van der Waals surface area contributed by atoms with Gasteiger partial charge in [-0.25, -0.2) is 4.98 Å². The number of nitrogens with zero attached hydrogens (tertiary/aromatic N) is 2. The number of nitrogens with one attached hydrogen (secondary N) is 1. The molecule has 0 amide bonds. The first-order chi connectivity index (χ1) is 7.74. The number of imidazole rings is 1. The first-order valence-electron chi connectivity index (χ1n) is 6.48. The van der Waals surface area contributed by atoms with Gasteiger partial charge < -0.3 is 9.88 Å². The Bertz CT molecular complexity index is 311. The van der Waals surface area contributed by atoms with E-state index in [2.05, 4.69) is 34.9 Å². The Labute approximate surface area is 98.3 Å². The fourth-order valence-corrected chi connectivity index (χ4v) is 2.40. The third-order valence-corrected chi connectivity index (χ3v) is 3.32. The van der Waals surface area contributed by atoms with Crippen LogP contribution in [0, 0.1) is 5.92 Å². The highest BCUT2D eigenvalue weighted by Gasteiger charge is 2.15. The molecule has 0 aromatic carbocycles. The van der Waals surface area contributed by atoms with Crippen molar-refractivity contribution in [2.45, 2.75) is 58.7 Å². The van der Waals surface area contributed by atoms with E-state index >= 15 is 0 Å². The quantitative estimate of drug-likeness (QED) is 0.828. The highest BCUT2D eigenvalue weighted by atomic mass is 15.0. The smallest absolute Gasteiger partial charge is 0.0950 e. The van der Waals surface area contributed by atoms with E-state index < -0.39 is 0 Å². The van der Waals surface area contributed by atoms with Crippen LogP contribution in [0.15, 0.2) is 12.5 Å². The summed E-state index contributed by atoms with van der Waals surface area (Å²) in [5, 5.41) is 3.39. The minimum absolute atomic E-state index is 0.528. The first-order valence-corrected chi connectivity index (χ1v) is 6.48. The van der Waals surface area contributed by atoms with Crippen molar-refractivity contribution >= 4 is 0 Å². The van der Waals surface area contributed by atoms with E-state index in [-0.39, 0.29) is 0 Å². The lowest BCUT2D eigenvalue weighted by Crippen LogP contribution is -2.21. The molecular formula is C13H23N3. The molecule has 1 aromatic heterocycles. The second-order valence-corrected chi connectivity index (χ2v) is 5.25. The number of hydrogen-bond acceptors (Lipinski definition) is 2. The van der Waals surface area contributed by atoms with Crippen molar-refractivity contribution in [1.82, 2.24) is 14.9 Å². The van der Waals surface area contributed by atoms with Gasteiger partial charge in [0.15, 0.2) is 0 Å². The summed E-state index contributed by atoms with van der Waals surface area (Å²) in [4.78, 5) is 4.43. The highest BCUT2D eigenvalue weighted by molar-refractivity contribution is 4.96. The van der Waals surface area contributed by atoms with E-state index in [1.807, 2.05) is 6.33 Å². The van der Waals surface area contributed by atoms with Crippen molar-refractivity contribution in [3.05, 3.63) is 18.2 Å². The van der Waals surface area contributed by atoms with Crippen LogP contribution in [0.2, 0.25) is 0 Å². The summed E-state index contributed by atoms with van der Waals surface area (Å²) in [5.74, 6) is 0.889. The Hall–Kier alpha value is -0.830. The monoisotopic (exact) mass is 221 g/mol. The largest absolute Gasteiger partial charge is 0.337 e. The summed E-state index contributed by atoms with van der Waals surface area (Å²) in [6.07, 6.45) is 9.81. The standard InChI is InChI=1S/C13H23N3/c1-11(2)14-7-13-9-16(10-15-13)8-12-5-3-4-6-12/h9-12,14H,3-8H2,1-2H3. The Balaban J connectivity index is 1.81. The summed E-state index contributed by atoms with van der Waals surface area (Å²) < 4.78 is 2.26. The summed E-state index contributed by atoms with van der Waals surface area (Å²) in [6.45, 7) is 6.37. The van der Waals surface area contributed by atoms with Crippen molar-refractivity contribution in [3.8, 4) is 0 Å². The molecule has 0 saturated heterocycles. The van der Waals surface area contributed by atoms with Crippen LogP contribution in [0.25, 0.3) is 0 Å². The van der Waals surface area contributed by atoms with Gasteiger partial charge in [-0.2, -0.15) is 0 Å². The Kier molecular flexibility index (Phi) is 3.99. The average molecular weight is 221 g/mol. The second-order valence-electron chi connectivity index (χ2n) is 5.25. The average Bonchev–Trinajstić information content (AvgIpc) is 2.87. The molecule has 0 radical (unpaired) electrons. The van der Waals surface area contributed by atoms with Crippen molar-refractivity contribution in [2.75, 3.05) is 0 Å². The zero-order valence-corrected chi connectivity index (χ0v) is 10.4. The third-order valence-electron chi connectivity index (χ3n) is 3.32. The maximum atomic E-state index is 4.43. The Morgan fingerprint density at radius 3 is 2.88 bits per heavy atom. The molecular weight excluding hydrogens is 198 g/mol. The van der Waals surface area contributed by atoms with Crippen molar-refractivity contribution in [3.63, 3.8) is 0 Å². The fourth-order valence-electron chi connectivity index (χ4n) is 2.40. The molecule has 1 aliphatic carbocycles. The summed E-state index contributed by atoms with van der Waals surface area (Å²) in [7, 11) is 0. The van der Waals surface area contributed by atoms with Crippen LogP contribution in [-0.4, -0.2) is 15.6 Å². The molecule has 0 spiro atoms. The maximum Gasteiger partial charge on any atom is 0.0950 e. The van der Waals surface area contributed by atoms with Crippen LogP contribution in [0.5, 0.6) is 0 Å². The van der Waals surface area contributed by atoms with Gasteiger partial charge in [-0.05, 0) is 18.8 Å². The molecule has 16 heavy (non-hydrogen) atoms. The van der Waals surface area contributed by atoms with Crippen molar-refractivity contribution < 1.29 is 0 Å². The lowest BCUT2D eigenvalue weighted by atomic mass is 10.1. The van der Waals surface area contributed by atoms with Gasteiger partial charge in [-0.15, -0.1) is 0 Å². The van der Waals surface area contributed by atoms with Crippen LogP contribution in [0.3, 0.4) is 0 Å². The topological polar surface area (TPSA) is 29.9 Å². The van der Waals surface area contributed by atoms with Gasteiger partial charge in [0.2, 0.25) is 0 Å². The highest BCUT2D eigenvalue weighted by Crippen LogP contribution is 2.26. The van der Waals surface area contributed by atoms with Crippen LogP contribution >= 0.6 is 0 Å². The lowest BCUT2D eigenvalue weighted by molar-refractivity contribution is 0.456. The molecule has 1 aromatic rings. The zero-order chi connectivity index (χ0) is 11.4. The molecule has 3 nitrogen and oxygen atoms in total. The van der Waals surface area contributed by atoms with Gasteiger partial charge in [0, 0.05) is 25.3 Å².